The number of hydrogen-bond acceptors (Lipinski definition) is 7. The molecular weight excluding hydrogens is 349 g/mol. The van der Waals surface area contributed by atoms with E-state index in [0.717, 1.165) is 5.56 Å². The summed E-state index contributed by atoms with van der Waals surface area (Å²) >= 11 is 0. The number of amides is 1. The van der Waals surface area contributed by atoms with Gasteiger partial charge in [0.1, 0.15) is 5.56 Å². The third kappa shape index (κ3) is 3.28. The number of fused-ring (bicyclic) bond motifs is 1. The number of nitriles is 1. The number of ether oxygens (including phenoxy) is 1. The van der Waals surface area contributed by atoms with Crippen LogP contribution in [-0.4, -0.2) is 41.0 Å². The summed E-state index contributed by atoms with van der Waals surface area (Å²) in [6.07, 6.45) is 2.15. The minimum atomic E-state index is -0.967. The van der Waals surface area contributed by atoms with Gasteiger partial charge in [0.2, 0.25) is 0 Å². The van der Waals surface area contributed by atoms with E-state index in [4.69, 9.17) is 15.1 Å². The van der Waals surface area contributed by atoms with E-state index in [-0.39, 0.29) is 23.3 Å². The van der Waals surface area contributed by atoms with E-state index in [1.165, 1.54) is 0 Å². The van der Waals surface area contributed by atoms with Crippen molar-refractivity contribution in [3.8, 4) is 6.07 Å². The molecule has 9 nitrogen and oxygen atoms in total. The number of anilines is 2. The van der Waals surface area contributed by atoms with Crippen LogP contribution < -0.4 is 16.5 Å². The highest BCUT2D eigenvalue weighted by Crippen LogP contribution is 2.28. The zero-order chi connectivity index (χ0) is 19.0. The summed E-state index contributed by atoms with van der Waals surface area (Å²) in [7, 11) is -0.967. The first-order chi connectivity index (χ1) is 13.1. The molecule has 1 saturated heterocycles. The maximum absolute atomic E-state index is 11.9. The Kier molecular flexibility index (Phi) is 4.57. The number of aromatic nitrogens is 2. The number of primary amides is 1. The molecule has 10 heteroatoms. The summed E-state index contributed by atoms with van der Waals surface area (Å²) in [5.41, 5.74) is 7.94. The van der Waals surface area contributed by atoms with Gasteiger partial charge in [0, 0.05) is 18.5 Å². The van der Waals surface area contributed by atoms with Crippen LogP contribution in [-0.2, 0) is 16.0 Å². The minimum Gasteiger partial charge on any atom is -0.423 e. The van der Waals surface area contributed by atoms with Gasteiger partial charge in [0.05, 0.1) is 31.2 Å². The van der Waals surface area contributed by atoms with E-state index in [9.17, 15) is 15.1 Å². The van der Waals surface area contributed by atoms with Gasteiger partial charge in [0.25, 0.3) is 5.91 Å². The first kappa shape index (κ1) is 17.5. The maximum atomic E-state index is 11.9. The minimum absolute atomic E-state index is 0.217. The van der Waals surface area contributed by atoms with Gasteiger partial charge >= 0.3 is 7.12 Å². The Bertz CT molecular complexity index is 925. The Morgan fingerprint density at radius 1 is 1.52 bits per heavy atom. The van der Waals surface area contributed by atoms with Crippen molar-refractivity contribution in [1.29, 1.82) is 5.26 Å². The molecule has 0 radical (unpaired) electrons. The smallest absolute Gasteiger partial charge is 0.423 e. The fourth-order valence-electron chi connectivity index (χ4n) is 3.40. The normalized spacial score (nSPS) is 21.6. The number of nitrogens with one attached hydrogen (secondary N) is 1. The summed E-state index contributed by atoms with van der Waals surface area (Å²) in [4.78, 5) is 11.9. The van der Waals surface area contributed by atoms with E-state index in [1.807, 2.05) is 12.1 Å². The van der Waals surface area contributed by atoms with E-state index < -0.39 is 13.0 Å². The van der Waals surface area contributed by atoms with Gasteiger partial charge < -0.3 is 25.5 Å². The standard InChI is InChI=1S/C17H18BN5O4/c19-6-10-3-4-26-9-15(10)23-7-13(16(20)24)17(22-23)21-12-2-1-11-8-27-18(25)14(11)5-12/h1-2,5,7,10,15,25H,3-4,8-9H2,(H2,20,24)(H,21,22)/t10-,15?/m1/s1. The molecule has 0 spiro atoms. The topological polar surface area (TPSA) is 135 Å². The molecule has 1 aromatic carbocycles. The number of carbonyl (C=O) groups excluding carboxylic acids is 1. The molecule has 0 aliphatic carbocycles. The zero-order valence-corrected chi connectivity index (χ0v) is 14.5. The van der Waals surface area contributed by atoms with Crippen molar-refractivity contribution in [3.63, 3.8) is 0 Å². The van der Waals surface area contributed by atoms with Crippen molar-refractivity contribution >= 4 is 30.0 Å². The van der Waals surface area contributed by atoms with Crippen LogP contribution in [0.4, 0.5) is 11.5 Å². The number of nitrogens with zero attached hydrogens (tertiary/aromatic N) is 3. The Balaban J connectivity index is 1.65. The molecule has 4 rings (SSSR count). The van der Waals surface area contributed by atoms with Crippen molar-refractivity contribution in [2.24, 2.45) is 11.7 Å². The van der Waals surface area contributed by atoms with Crippen molar-refractivity contribution in [2.45, 2.75) is 19.1 Å². The molecule has 3 heterocycles. The van der Waals surface area contributed by atoms with Crippen molar-refractivity contribution in [3.05, 3.63) is 35.5 Å². The van der Waals surface area contributed by atoms with Crippen LogP contribution in [0.2, 0.25) is 0 Å². The summed E-state index contributed by atoms with van der Waals surface area (Å²) in [6, 6.07) is 7.39. The first-order valence-electron chi connectivity index (χ1n) is 8.62. The van der Waals surface area contributed by atoms with Gasteiger partial charge in [-0.2, -0.15) is 10.4 Å². The van der Waals surface area contributed by atoms with E-state index in [1.54, 1.807) is 16.9 Å². The third-order valence-electron chi connectivity index (χ3n) is 4.90. The zero-order valence-electron chi connectivity index (χ0n) is 14.5. The van der Waals surface area contributed by atoms with Crippen LogP contribution in [0, 0.1) is 17.2 Å². The highest BCUT2D eigenvalue weighted by Gasteiger charge is 2.30. The predicted octanol–water partition coefficient (Wildman–Crippen LogP) is 0.0445. The van der Waals surface area contributed by atoms with Crippen LogP contribution >= 0.6 is 0 Å². The highest BCUT2D eigenvalue weighted by molar-refractivity contribution is 6.61. The lowest BCUT2D eigenvalue weighted by atomic mass is 9.79. The first-order valence-corrected chi connectivity index (χ1v) is 8.62. The largest absolute Gasteiger partial charge is 0.491 e. The Morgan fingerprint density at radius 2 is 2.37 bits per heavy atom. The number of rotatable bonds is 4. The van der Waals surface area contributed by atoms with Crippen LogP contribution in [0.25, 0.3) is 0 Å². The molecule has 1 fully saturated rings. The second-order valence-corrected chi connectivity index (χ2v) is 6.60. The number of hydrogen-bond donors (Lipinski definition) is 3. The van der Waals surface area contributed by atoms with Crippen molar-refractivity contribution in [2.75, 3.05) is 18.5 Å². The average molecular weight is 367 g/mol. The van der Waals surface area contributed by atoms with Crippen molar-refractivity contribution < 1.29 is 19.2 Å². The predicted molar refractivity (Wildman–Crippen MR) is 96.4 cm³/mol. The van der Waals surface area contributed by atoms with Gasteiger partial charge in [-0.15, -0.1) is 0 Å². The fraction of sp³-hybridized carbons (Fsp3) is 0.353. The summed E-state index contributed by atoms with van der Waals surface area (Å²) in [5, 5.41) is 26.7. The van der Waals surface area contributed by atoms with Gasteiger partial charge in [-0.1, -0.05) is 6.07 Å². The molecule has 27 heavy (non-hydrogen) atoms. The molecule has 2 atom stereocenters. The summed E-state index contributed by atoms with van der Waals surface area (Å²) in [6.45, 7) is 1.23. The molecule has 0 saturated carbocycles. The molecule has 4 N–H and O–H groups in total. The Labute approximate surface area is 155 Å². The monoisotopic (exact) mass is 367 g/mol. The molecule has 1 amide bonds. The van der Waals surface area contributed by atoms with Crippen LogP contribution in [0.5, 0.6) is 0 Å². The molecule has 1 aromatic heterocycles. The summed E-state index contributed by atoms with van der Waals surface area (Å²) < 4.78 is 12.2. The van der Waals surface area contributed by atoms with Crippen LogP contribution in [0.1, 0.15) is 28.4 Å². The highest BCUT2D eigenvalue weighted by atomic mass is 16.5. The van der Waals surface area contributed by atoms with Crippen LogP contribution in [0.3, 0.4) is 0 Å². The van der Waals surface area contributed by atoms with Crippen LogP contribution in [0.15, 0.2) is 24.4 Å². The molecular formula is C17H18BN5O4. The number of carbonyl (C=O) groups is 1. The summed E-state index contributed by atoms with van der Waals surface area (Å²) in [5.74, 6) is -0.587. The number of nitrogens with two attached hydrogens (primary N) is 1. The molecule has 0 bridgehead atoms. The lowest BCUT2D eigenvalue weighted by Gasteiger charge is -2.26. The molecule has 2 aromatic rings. The number of benzene rings is 1. The third-order valence-corrected chi connectivity index (χ3v) is 4.90. The SMILES string of the molecule is N#C[C@H]1CCOCC1n1cc(C(N)=O)c(Nc2ccc3c(c2)B(O)OC3)n1. The Hall–Kier alpha value is -2.87. The van der Waals surface area contributed by atoms with Gasteiger partial charge in [0.15, 0.2) is 5.82 Å². The van der Waals surface area contributed by atoms with Gasteiger partial charge in [-0.3, -0.25) is 9.48 Å². The van der Waals surface area contributed by atoms with Crippen molar-refractivity contribution in [1.82, 2.24) is 9.78 Å². The lowest BCUT2D eigenvalue weighted by molar-refractivity contribution is 0.0342. The molecule has 2 aliphatic rings. The Morgan fingerprint density at radius 3 is 3.15 bits per heavy atom. The fourth-order valence-corrected chi connectivity index (χ4v) is 3.40. The van der Waals surface area contributed by atoms with E-state index >= 15 is 0 Å². The van der Waals surface area contributed by atoms with E-state index in [0.29, 0.717) is 37.4 Å². The van der Waals surface area contributed by atoms with Gasteiger partial charge in [-0.25, -0.2) is 0 Å². The second-order valence-electron chi connectivity index (χ2n) is 6.60. The van der Waals surface area contributed by atoms with E-state index in [2.05, 4.69) is 16.5 Å². The molecule has 138 valence electrons. The lowest BCUT2D eigenvalue weighted by Crippen LogP contribution is -2.29. The van der Waals surface area contributed by atoms with Gasteiger partial charge in [-0.05, 0) is 29.6 Å². The maximum Gasteiger partial charge on any atom is 0.491 e. The average Bonchev–Trinajstić information content (AvgIpc) is 3.26. The second kappa shape index (κ2) is 7.04. The quantitative estimate of drug-likeness (QED) is 0.650. The molecule has 2 aliphatic heterocycles. The molecule has 1 unspecified atom stereocenters.